The predicted molar refractivity (Wildman–Crippen MR) is 87.6 cm³/mol. The van der Waals surface area contributed by atoms with Crippen molar-refractivity contribution in [2.45, 2.75) is 63.7 Å². The van der Waals surface area contributed by atoms with Crippen molar-refractivity contribution >= 4 is 22.6 Å². The highest BCUT2D eigenvalue weighted by atomic mass is 32.2. The van der Waals surface area contributed by atoms with Gasteiger partial charge in [0.15, 0.2) is 0 Å². The smallest absolute Gasteiger partial charge is 0.399 e. The first-order valence-corrected chi connectivity index (χ1v) is 9.01. The molecule has 1 aliphatic rings. The van der Waals surface area contributed by atoms with E-state index < -0.39 is 34.2 Å². The van der Waals surface area contributed by atoms with Gasteiger partial charge < -0.3 is 9.31 Å². The van der Waals surface area contributed by atoms with E-state index in [1.165, 1.54) is 12.1 Å². The summed E-state index contributed by atoms with van der Waals surface area (Å²) in [6.07, 6.45) is 0. The molecule has 0 saturated carbocycles. The Bertz CT molecular complexity index is 687. The van der Waals surface area contributed by atoms with Gasteiger partial charge in [0.2, 0.25) is 10.0 Å². The zero-order valence-corrected chi connectivity index (χ0v) is 15.1. The van der Waals surface area contributed by atoms with Gasteiger partial charge in [-0.15, -0.1) is 0 Å². The van der Waals surface area contributed by atoms with Gasteiger partial charge in [-0.25, -0.2) is 17.5 Å². The van der Waals surface area contributed by atoms with Gasteiger partial charge in [0.05, 0.1) is 16.1 Å². The van der Waals surface area contributed by atoms with Gasteiger partial charge in [-0.1, -0.05) is 6.07 Å². The Morgan fingerprint density at radius 2 is 1.65 bits per heavy atom. The van der Waals surface area contributed by atoms with E-state index in [4.69, 9.17) is 9.31 Å². The largest absolute Gasteiger partial charge is 0.497 e. The minimum absolute atomic E-state index is 0.121. The molecule has 0 spiro atoms. The fourth-order valence-electron chi connectivity index (χ4n) is 2.21. The standard InChI is InChI=1S/C15H23BFNO4S/c1-10(2)18-23(19,20)11-7-8-12(13(17)9-11)16-21-14(3,4)15(5,6)22-16/h7-10,18H,1-6H3. The molecular weight excluding hydrogens is 320 g/mol. The summed E-state index contributed by atoms with van der Waals surface area (Å²) in [4.78, 5) is -0.121. The molecule has 1 heterocycles. The average Bonchev–Trinajstić information content (AvgIpc) is 2.56. The normalized spacial score (nSPS) is 20.3. The van der Waals surface area contributed by atoms with Crippen LogP contribution in [0.5, 0.6) is 0 Å². The summed E-state index contributed by atoms with van der Waals surface area (Å²) >= 11 is 0. The van der Waals surface area contributed by atoms with Gasteiger partial charge in [0, 0.05) is 11.5 Å². The summed E-state index contributed by atoms with van der Waals surface area (Å²) in [5.41, 5.74) is -0.991. The van der Waals surface area contributed by atoms with E-state index in [9.17, 15) is 12.8 Å². The molecule has 0 aromatic heterocycles. The highest BCUT2D eigenvalue weighted by Crippen LogP contribution is 2.36. The maximum Gasteiger partial charge on any atom is 0.497 e. The highest BCUT2D eigenvalue weighted by molar-refractivity contribution is 7.89. The molecule has 2 rings (SSSR count). The Morgan fingerprint density at radius 3 is 2.09 bits per heavy atom. The van der Waals surface area contributed by atoms with Gasteiger partial charge >= 0.3 is 7.12 Å². The lowest BCUT2D eigenvalue weighted by Crippen LogP contribution is -2.41. The van der Waals surface area contributed by atoms with Crippen molar-refractivity contribution in [3.8, 4) is 0 Å². The summed E-state index contributed by atoms with van der Waals surface area (Å²) in [7, 11) is -4.61. The second-order valence-corrected chi connectivity index (χ2v) is 8.76. The van der Waals surface area contributed by atoms with Gasteiger partial charge in [0.25, 0.3) is 0 Å². The van der Waals surface area contributed by atoms with Crippen LogP contribution in [0.3, 0.4) is 0 Å². The van der Waals surface area contributed by atoms with Crippen LogP contribution in [0.25, 0.3) is 0 Å². The minimum Gasteiger partial charge on any atom is -0.399 e. The molecular formula is C15H23BFNO4S. The van der Waals surface area contributed by atoms with Crippen LogP contribution in [0.15, 0.2) is 23.1 Å². The fourth-order valence-corrected chi connectivity index (χ4v) is 3.48. The quantitative estimate of drug-likeness (QED) is 0.847. The van der Waals surface area contributed by atoms with Gasteiger partial charge in [-0.05, 0) is 53.7 Å². The molecule has 0 bridgehead atoms. The molecule has 0 aliphatic carbocycles. The summed E-state index contributed by atoms with van der Waals surface area (Å²) in [6, 6.07) is 3.47. The Kier molecular flexibility index (Phi) is 4.67. The zero-order valence-electron chi connectivity index (χ0n) is 14.3. The van der Waals surface area contributed by atoms with Crippen LogP contribution in [0.2, 0.25) is 0 Å². The molecule has 1 N–H and O–H groups in total. The van der Waals surface area contributed by atoms with Crippen molar-refractivity contribution in [3.05, 3.63) is 24.0 Å². The lowest BCUT2D eigenvalue weighted by molar-refractivity contribution is 0.00578. The number of nitrogens with one attached hydrogen (secondary N) is 1. The van der Waals surface area contributed by atoms with Gasteiger partial charge in [-0.2, -0.15) is 0 Å². The first kappa shape index (κ1) is 18.4. The third kappa shape index (κ3) is 3.60. The van der Waals surface area contributed by atoms with Crippen molar-refractivity contribution < 1.29 is 22.1 Å². The van der Waals surface area contributed by atoms with Crippen LogP contribution >= 0.6 is 0 Å². The maximum absolute atomic E-state index is 14.4. The van der Waals surface area contributed by atoms with Crippen molar-refractivity contribution in [2.75, 3.05) is 0 Å². The summed E-state index contributed by atoms with van der Waals surface area (Å²) in [6.45, 7) is 10.9. The number of benzene rings is 1. The maximum atomic E-state index is 14.4. The second kappa shape index (κ2) is 5.84. The molecule has 0 radical (unpaired) electrons. The van der Waals surface area contributed by atoms with Crippen LogP contribution < -0.4 is 10.2 Å². The molecule has 1 aromatic rings. The van der Waals surface area contributed by atoms with E-state index >= 15 is 0 Å². The number of hydrogen-bond donors (Lipinski definition) is 1. The minimum atomic E-state index is -3.74. The molecule has 23 heavy (non-hydrogen) atoms. The van der Waals surface area contributed by atoms with Crippen molar-refractivity contribution in [1.29, 1.82) is 0 Å². The monoisotopic (exact) mass is 343 g/mol. The van der Waals surface area contributed by atoms with Crippen LogP contribution in [-0.2, 0) is 19.3 Å². The van der Waals surface area contributed by atoms with Gasteiger partial charge in [-0.3, -0.25) is 0 Å². The molecule has 128 valence electrons. The highest BCUT2D eigenvalue weighted by Gasteiger charge is 2.52. The summed E-state index contributed by atoms with van der Waals surface area (Å²) < 4.78 is 52.6. The Hall–Kier alpha value is -0.955. The summed E-state index contributed by atoms with van der Waals surface area (Å²) in [5.74, 6) is -0.671. The molecule has 0 atom stereocenters. The molecule has 0 amide bonds. The third-order valence-electron chi connectivity index (χ3n) is 4.18. The molecule has 0 unspecified atom stereocenters. The van der Waals surface area contributed by atoms with Crippen LogP contribution in [0.4, 0.5) is 4.39 Å². The number of rotatable bonds is 4. The van der Waals surface area contributed by atoms with Crippen molar-refractivity contribution in [1.82, 2.24) is 4.72 Å². The van der Waals surface area contributed by atoms with E-state index in [1.807, 2.05) is 27.7 Å². The first-order valence-electron chi connectivity index (χ1n) is 7.53. The topological polar surface area (TPSA) is 64.6 Å². The van der Waals surface area contributed by atoms with Crippen LogP contribution in [0.1, 0.15) is 41.5 Å². The number of halogens is 1. The van der Waals surface area contributed by atoms with Gasteiger partial charge in [0.1, 0.15) is 5.82 Å². The molecule has 1 aliphatic heterocycles. The first-order chi connectivity index (χ1) is 10.4. The SMILES string of the molecule is CC(C)NS(=O)(=O)c1ccc(B2OC(C)(C)C(C)(C)O2)c(F)c1. The molecule has 1 saturated heterocycles. The molecule has 8 heteroatoms. The molecule has 1 aromatic carbocycles. The van der Waals surface area contributed by atoms with Crippen LogP contribution in [-0.4, -0.2) is 32.8 Å². The Balaban J connectivity index is 2.32. The van der Waals surface area contributed by atoms with E-state index in [2.05, 4.69) is 4.72 Å². The van der Waals surface area contributed by atoms with E-state index in [1.54, 1.807) is 13.8 Å². The van der Waals surface area contributed by atoms with Crippen molar-refractivity contribution in [2.24, 2.45) is 0 Å². The molecule has 1 fully saturated rings. The number of sulfonamides is 1. The molecule has 5 nitrogen and oxygen atoms in total. The van der Waals surface area contributed by atoms with Crippen molar-refractivity contribution in [3.63, 3.8) is 0 Å². The lowest BCUT2D eigenvalue weighted by Gasteiger charge is -2.32. The average molecular weight is 343 g/mol. The predicted octanol–water partition coefficient (Wildman–Crippen LogP) is 1.81. The second-order valence-electron chi connectivity index (χ2n) is 7.05. The van der Waals surface area contributed by atoms with E-state index in [-0.39, 0.29) is 16.4 Å². The lowest BCUT2D eigenvalue weighted by atomic mass is 9.79. The van der Waals surface area contributed by atoms with E-state index in [0.717, 1.165) is 6.07 Å². The third-order valence-corrected chi connectivity index (χ3v) is 5.84. The Labute approximate surface area is 137 Å². The summed E-state index contributed by atoms with van der Waals surface area (Å²) in [5, 5.41) is 0. The fraction of sp³-hybridized carbons (Fsp3) is 0.600. The van der Waals surface area contributed by atoms with Crippen LogP contribution in [0, 0.1) is 5.82 Å². The van der Waals surface area contributed by atoms with E-state index in [0.29, 0.717) is 0 Å². The number of hydrogen-bond acceptors (Lipinski definition) is 4. The zero-order chi connectivity index (χ0) is 17.6. The Morgan fingerprint density at radius 1 is 1.13 bits per heavy atom.